The van der Waals surface area contributed by atoms with Crippen LogP contribution in [0.15, 0.2) is 93.6 Å². The lowest BCUT2D eigenvalue weighted by atomic mass is 10.2. The maximum absolute atomic E-state index is 13.0. The van der Waals surface area contributed by atoms with Gasteiger partial charge < -0.3 is 5.32 Å². The van der Waals surface area contributed by atoms with Crippen LogP contribution in [0.5, 0.6) is 0 Å². The number of nitrogens with zero attached hydrogens (tertiary/aromatic N) is 2. The van der Waals surface area contributed by atoms with Gasteiger partial charge in [0.05, 0.1) is 15.5 Å². The number of amidine groups is 1. The number of benzene rings is 3. The maximum Gasteiger partial charge on any atom is 0.264 e. The van der Waals surface area contributed by atoms with Crippen LogP contribution in [0.1, 0.15) is 12.5 Å². The smallest absolute Gasteiger partial charge is 0.264 e. The summed E-state index contributed by atoms with van der Waals surface area (Å²) in [5, 5.41) is 2.65. The Morgan fingerprint density at radius 3 is 2.41 bits per heavy atom. The van der Waals surface area contributed by atoms with Crippen LogP contribution in [0.25, 0.3) is 0 Å². The fraction of sp³-hybridized carbons (Fsp3) is 0.130. The van der Waals surface area contributed by atoms with Crippen molar-refractivity contribution in [3.8, 4) is 0 Å². The molecule has 11 heteroatoms. The van der Waals surface area contributed by atoms with Gasteiger partial charge >= 0.3 is 0 Å². The molecule has 0 aliphatic carbocycles. The van der Waals surface area contributed by atoms with Gasteiger partial charge in [-0.2, -0.15) is 0 Å². The lowest BCUT2D eigenvalue weighted by molar-refractivity contribution is -0.117. The Labute approximate surface area is 198 Å². The second-order valence-electron chi connectivity index (χ2n) is 7.58. The second kappa shape index (κ2) is 8.92. The molecule has 0 saturated carbocycles. The summed E-state index contributed by atoms with van der Waals surface area (Å²) in [6.07, 6.45) is 0. The minimum absolute atomic E-state index is 0.00750. The average Bonchev–Trinajstić information content (AvgIpc) is 3.09. The van der Waals surface area contributed by atoms with E-state index in [2.05, 4.69) is 15.0 Å². The molecule has 2 N–H and O–H groups in total. The molecule has 9 nitrogen and oxygen atoms in total. The summed E-state index contributed by atoms with van der Waals surface area (Å²) < 4.78 is 54.1. The summed E-state index contributed by atoms with van der Waals surface area (Å²) in [7, 11) is -6.13. The first-order chi connectivity index (χ1) is 16.1. The molecule has 0 spiro atoms. The fourth-order valence-corrected chi connectivity index (χ4v) is 5.88. The maximum atomic E-state index is 13.0. The number of hydrogen-bond acceptors (Lipinski definition) is 6. The highest BCUT2D eigenvalue weighted by atomic mass is 32.2. The van der Waals surface area contributed by atoms with Gasteiger partial charge in [-0.05, 0) is 49.4 Å². The van der Waals surface area contributed by atoms with Crippen molar-refractivity contribution in [1.29, 1.82) is 0 Å². The van der Waals surface area contributed by atoms with Gasteiger partial charge in [-0.15, -0.1) is 0 Å². The number of amides is 1. The number of aliphatic imine (C=N–C) groups is 1. The SMILES string of the molecule is CC(N=C1NS(=O)(=O)c2ccccc21)C(=O)Nc1cccc(S(=O)(=O)N(C)c2ccccc2)c1. The van der Waals surface area contributed by atoms with Crippen molar-refractivity contribution in [1.82, 2.24) is 4.72 Å². The molecule has 1 atom stereocenters. The second-order valence-corrected chi connectivity index (χ2v) is 11.2. The highest BCUT2D eigenvalue weighted by Crippen LogP contribution is 2.25. The van der Waals surface area contributed by atoms with Crippen molar-refractivity contribution in [3.05, 3.63) is 84.4 Å². The van der Waals surface area contributed by atoms with Crippen LogP contribution in [-0.4, -0.2) is 41.7 Å². The topological polar surface area (TPSA) is 125 Å². The minimum Gasteiger partial charge on any atom is -0.324 e. The van der Waals surface area contributed by atoms with E-state index in [1.807, 2.05) is 0 Å². The number of nitrogens with one attached hydrogen (secondary N) is 2. The number of carbonyl (C=O) groups excluding carboxylic acids is 1. The zero-order valence-corrected chi connectivity index (χ0v) is 20.0. The Morgan fingerprint density at radius 1 is 1.00 bits per heavy atom. The molecule has 3 aromatic carbocycles. The van der Waals surface area contributed by atoms with Gasteiger partial charge in [-0.25, -0.2) is 16.8 Å². The van der Waals surface area contributed by atoms with E-state index in [9.17, 15) is 21.6 Å². The van der Waals surface area contributed by atoms with E-state index >= 15 is 0 Å². The molecule has 34 heavy (non-hydrogen) atoms. The van der Waals surface area contributed by atoms with Gasteiger partial charge in [-0.1, -0.05) is 36.4 Å². The highest BCUT2D eigenvalue weighted by Gasteiger charge is 2.31. The zero-order valence-electron chi connectivity index (χ0n) is 18.3. The van der Waals surface area contributed by atoms with Crippen molar-refractivity contribution in [3.63, 3.8) is 0 Å². The molecule has 1 amide bonds. The summed E-state index contributed by atoms with van der Waals surface area (Å²) >= 11 is 0. The molecule has 0 aromatic heterocycles. The molecule has 1 aliphatic rings. The van der Waals surface area contributed by atoms with E-state index < -0.39 is 32.0 Å². The predicted octanol–water partition coefficient (Wildman–Crippen LogP) is 2.58. The first kappa shape index (κ1) is 23.5. The molecule has 0 fully saturated rings. The van der Waals surface area contributed by atoms with Crippen molar-refractivity contribution in [2.45, 2.75) is 22.8 Å². The van der Waals surface area contributed by atoms with Crippen LogP contribution in [-0.2, 0) is 24.8 Å². The van der Waals surface area contributed by atoms with Crippen LogP contribution < -0.4 is 14.3 Å². The van der Waals surface area contributed by atoms with Crippen molar-refractivity contribution >= 4 is 43.2 Å². The molecule has 1 aliphatic heterocycles. The van der Waals surface area contributed by atoms with E-state index in [0.29, 0.717) is 11.3 Å². The molecular weight excluding hydrogens is 476 g/mol. The summed E-state index contributed by atoms with van der Waals surface area (Å²) in [5.74, 6) is -0.443. The number of sulfonamides is 2. The van der Waals surface area contributed by atoms with Crippen molar-refractivity contribution in [2.75, 3.05) is 16.7 Å². The van der Waals surface area contributed by atoms with Gasteiger partial charge in [0.15, 0.2) is 0 Å². The van der Waals surface area contributed by atoms with Crippen LogP contribution in [0.4, 0.5) is 11.4 Å². The summed E-state index contributed by atoms with van der Waals surface area (Å²) in [4.78, 5) is 17.1. The van der Waals surface area contributed by atoms with Gasteiger partial charge in [0.2, 0.25) is 5.91 Å². The molecule has 0 saturated heterocycles. The Balaban J connectivity index is 1.54. The minimum atomic E-state index is -3.86. The average molecular weight is 499 g/mol. The van der Waals surface area contributed by atoms with Crippen LogP contribution >= 0.6 is 0 Å². The molecule has 176 valence electrons. The Bertz CT molecular complexity index is 1490. The normalized spacial score (nSPS) is 16.4. The van der Waals surface area contributed by atoms with Crippen molar-refractivity contribution < 1.29 is 21.6 Å². The van der Waals surface area contributed by atoms with Gasteiger partial charge in [0.1, 0.15) is 11.9 Å². The van der Waals surface area contributed by atoms with E-state index in [-0.39, 0.29) is 21.3 Å². The number of fused-ring (bicyclic) bond motifs is 1. The number of rotatable bonds is 6. The Kier molecular flexibility index (Phi) is 6.15. The van der Waals surface area contributed by atoms with Crippen LogP contribution in [0, 0.1) is 0 Å². The van der Waals surface area contributed by atoms with E-state index in [0.717, 1.165) is 4.31 Å². The molecule has 1 unspecified atom stereocenters. The monoisotopic (exact) mass is 498 g/mol. The first-order valence-corrected chi connectivity index (χ1v) is 13.2. The third kappa shape index (κ3) is 4.52. The standard InChI is InChI=1S/C23H22N4O5S2/c1-16(24-22-20-13-6-7-14-21(20)33(29,30)26-22)23(28)25-17-9-8-12-19(15-17)34(31,32)27(2)18-10-4-3-5-11-18/h3-16H,1-2H3,(H,24,26)(H,25,28). The molecule has 0 bridgehead atoms. The molecular formula is C23H22N4O5S2. The molecule has 3 aromatic rings. The zero-order chi connectivity index (χ0) is 24.5. The van der Waals surface area contributed by atoms with Crippen LogP contribution in [0.3, 0.4) is 0 Å². The largest absolute Gasteiger partial charge is 0.324 e. The van der Waals surface area contributed by atoms with Gasteiger partial charge in [0, 0.05) is 18.3 Å². The third-order valence-corrected chi connectivity index (χ3v) is 8.42. The fourth-order valence-electron chi connectivity index (χ4n) is 3.40. The van der Waals surface area contributed by atoms with Gasteiger partial charge in [0.25, 0.3) is 20.0 Å². The quantitative estimate of drug-likeness (QED) is 0.540. The lowest BCUT2D eigenvalue weighted by Crippen LogP contribution is -2.29. The highest BCUT2D eigenvalue weighted by molar-refractivity contribution is 7.92. The Hall–Kier alpha value is -3.70. The van der Waals surface area contributed by atoms with E-state index in [1.54, 1.807) is 54.6 Å². The summed E-state index contributed by atoms with van der Waals surface area (Å²) in [6, 6.07) is 19.9. The number of carbonyl (C=O) groups is 1. The van der Waals surface area contributed by atoms with Gasteiger partial charge in [-0.3, -0.25) is 18.8 Å². The van der Waals surface area contributed by atoms with Crippen LogP contribution in [0.2, 0.25) is 0 Å². The number of anilines is 2. The molecule has 0 radical (unpaired) electrons. The van der Waals surface area contributed by atoms with E-state index in [1.165, 1.54) is 38.2 Å². The molecule has 1 heterocycles. The Morgan fingerprint density at radius 2 is 1.68 bits per heavy atom. The molecule has 4 rings (SSSR count). The number of para-hydroxylation sites is 1. The summed E-state index contributed by atoms with van der Waals surface area (Å²) in [6.45, 7) is 1.52. The van der Waals surface area contributed by atoms with E-state index in [4.69, 9.17) is 0 Å². The lowest BCUT2D eigenvalue weighted by Gasteiger charge is -2.20. The number of hydrogen-bond donors (Lipinski definition) is 2. The third-order valence-electron chi connectivity index (χ3n) is 5.24. The summed E-state index contributed by atoms with van der Waals surface area (Å²) in [5.41, 5.74) is 1.16. The predicted molar refractivity (Wildman–Crippen MR) is 130 cm³/mol. The first-order valence-electron chi connectivity index (χ1n) is 10.2. The van der Waals surface area contributed by atoms with Crippen molar-refractivity contribution in [2.24, 2.45) is 4.99 Å².